The first-order valence-corrected chi connectivity index (χ1v) is 5.67. The fourth-order valence-corrected chi connectivity index (χ4v) is 1.65. The molecule has 0 unspecified atom stereocenters. The summed E-state index contributed by atoms with van der Waals surface area (Å²) in [5, 5.41) is 0. The third-order valence-corrected chi connectivity index (χ3v) is 2.51. The Morgan fingerprint density at radius 3 is 2.36 bits per heavy atom. The minimum absolute atomic E-state index is 0.528. The molecule has 1 rings (SSSR count). The van der Waals surface area contributed by atoms with Gasteiger partial charge in [0.25, 0.3) is 0 Å². The van der Waals surface area contributed by atoms with Gasteiger partial charge in [-0.1, -0.05) is 18.2 Å². The summed E-state index contributed by atoms with van der Waals surface area (Å²) in [6, 6.07) is 11.0. The largest absolute Gasteiger partial charge is 0.369 e. The Bertz CT molecular complexity index is 246. The fourth-order valence-electron chi connectivity index (χ4n) is 1.54. The van der Waals surface area contributed by atoms with Gasteiger partial charge in [-0.2, -0.15) is 0 Å². The van der Waals surface area contributed by atoms with Gasteiger partial charge in [0.15, 0.2) is 0 Å². The zero-order chi connectivity index (χ0) is 10.4. The molecular formula is C12H18ClN. The number of benzene rings is 1. The summed E-state index contributed by atoms with van der Waals surface area (Å²) in [6.45, 7) is 5.45. The van der Waals surface area contributed by atoms with E-state index in [-0.39, 0.29) is 0 Å². The molecule has 14 heavy (non-hydrogen) atoms. The van der Waals surface area contributed by atoms with Crippen LogP contribution in [0.15, 0.2) is 30.3 Å². The van der Waals surface area contributed by atoms with Crippen molar-refractivity contribution in [3.05, 3.63) is 30.3 Å². The van der Waals surface area contributed by atoms with Crippen LogP contribution >= 0.6 is 11.6 Å². The molecule has 1 nitrogen and oxygen atoms in total. The van der Waals surface area contributed by atoms with Crippen molar-refractivity contribution < 1.29 is 0 Å². The Morgan fingerprint density at radius 1 is 1.21 bits per heavy atom. The predicted octanol–water partition coefficient (Wildman–Crippen LogP) is 3.53. The van der Waals surface area contributed by atoms with Gasteiger partial charge in [-0.15, -0.1) is 11.6 Å². The van der Waals surface area contributed by atoms with Crippen molar-refractivity contribution in [2.45, 2.75) is 26.3 Å². The van der Waals surface area contributed by atoms with Gasteiger partial charge in [-0.05, 0) is 32.4 Å². The molecule has 0 fully saturated rings. The lowest BCUT2D eigenvalue weighted by Gasteiger charge is -2.28. The van der Waals surface area contributed by atoms with Crippen LogP contribution in [0.2, 0.25) is 0 Å². The first-order valence-electron chi connectivity index (χ1n) is 5.13. The summed E-state index contributed by atoms with van der Waals surface area (Å²) in [5.74, 6) is 0.732. The van der Waals surface area contributed by atoms with Gasteiger partial charge >= 0.3 is 0 Å². The van der Waals surface area contributed by atoms with Crippen LogP contribution in [0.1, 0.15) is 20.3 Å². The molecule has 0 aliphatic rings. The lowest BCUT2D eigenvalue weighted by Crippen LogP contribution is -2.31. The van der Waals surface area contributed by atoms with Crippen LogP contribution in [0, 0.1) is 0 Å². The Morgan fingerprint density at radius 2 is 1.86 bits per heavy atom. The number of rotatable bonds is 5. The van der Waals surface area contributed by atoms with Crippen molar-refractivity contribution in [1.82, 2.24) is 0 Å². The van der Waals surface area contributed by atoms with E-state index in [1.807, 2.05) is 6.07 Å². The van der Waals surface area contributed by atoms with Gasteiger partial charge in [0.1, 0.15) is 0 Å². The fraction of sp³-hybridized carbons (Fsp3) is 0.500. The summed E-state index contributed by atoms with van der Waals surface area (Å²) in [6.07, 6.45) is 1.04. The number of anilines is 1. The first kappa shape index (κ1) is 11.4. The van der Waals surface area contributed by atoms with E-state index < -0.39 is 0 Å². The molecule has 78 valence electrons. The van der Waals surface area contributed by atoms with Crippen LogP contribution < -0.4 is 4.90 Å². The van der Waals surface area contributed by atoms with Crippen LogP contribution in [0.5, 0.6) is 0 Å². The monoisotopic (exact) mass is 211 g/mol. The molecule has 0 spiro atoms. The maximum atomic E-state index is 5.71. The number of hydrogen-bond acceptors (Lipinski definition) is 1. The first-order chi connectivity index (χ1) is 6.75. The third-order valence-electron chi connectivity index (χ3n) is 2.24. The standard InChI is InChI=1S/C12H18ClN/c1-11(2)14(10-6-9-13)12-7-4-3-5-8-12/h3-5,7-8,11H,6,9-10H2,1-2H3. The lowest BCUT2D eigenvalue weighted by molar-refractivity contribution is 0.673. The highest BCUT2D eigenvalue weighted by atomic mass is 35.5. The highest BCUT2D eigenvalue weighted by Gasteiger charge is 2.08. The molecule has 1 aromatic carbocycles. The average molecular weight is 212 g/mol. The van der Waals surface area contributed by atoms with Gasteiger partial charge < -0.3 is 4.90 Å². The van der Waals surface area contributed by atoms with E-state index in [1.54, 1.807) is 0 Å². The highest BCUT2D eigenvalue weighted by molar-refractivity contribution is 6.17. The predicted molar refractivity (Wildman–Crippen MR) is 64.3 cm³/mol. The second kappa shape index (κ2) is 5.92. The van der Waals surface area contributed by atoms with Crippen molar-refractivity contribution in [2.24, 2.45) is 0 Å². The molecule has 0 aliphatic heterocycles. The minimum atomic E-state index is 0.528. The zero-order valence-electron chi connectivity index (χ0n) is 8.91. The van der Waals surface area contributed by atoms with Crippen LogP contribution in [0.4, 0.5) is 5.69 Å². The van der Waals surface area contributed by atoms with Crippen LogP contribution in [0.3, 0.4) is 0 Å². The van der Waals surface area contributed by atoms with E-state index in [0.29, 0.717) is 6.04 Å². The summed E-state index contributed by atoms with van der Waals surface area (Å²) in [7, 11) is 0. The molecule has 0 aliphatic carbocycles. The Kier molecular flexibility index (Phi) is 4.81. The Hall–Kier alpha value is -0.690. The van der Waals surface area contributed by atoms with Gasteiger partial charge in [0.2, 0.25) is 0 Å². The number of nitrogens with zero attached hydrogens (tertiary/aromatic N) is 1. The summed E-state index contributed by atoms with van der Waals surface area (Å²) in [5.41, 5.74) is 1.28. The smallest absolute Gasteiger partial charge is 0.0368 e. The zero-order valence-corrected chi connectivity index (χ0v) is 9.67. The van der Waals surface area contributed by atoms with Crippen LogP contribution in [-0.2, 0) is 0 Å². The molecule has 0 bridgehead atoms. The second-order valence-corrected chi connectivity index (χ2v) is 4.04. The molecule has 0 saturated carbocycles. The van der Waals surface area contributed by atoms with Crippen LogP contribution in [0.25, 0.3) is 0 Å². The van der Waals surface area contributed by atoms with Gasteiger partial charge in [0, 0.05) is 24.2 Å². The van der Waals surface area contributed by atoms with Crippen molar-refractivity contribution in [3.8, 4) is 0 Å². The maximum absolute atomic E-state index is 5.71. The summed E-state index contributed by atoms with van der Waals surface area (Å²) in [4.78, 5) is 2.38. The molecule has 2 heteroatoms. The van der Waals surface area contributed by atoms with E-state index in [2.05, 4.69) is 43.0 Å². The van der Waals surface area contributed by atoms with Gasteiger partial charge in [0.05, 0.1) is 0 Å². The van der Waals surface area contributed by atoms with Gasteiger partial charge in [-0.3, -0.25) is 0 Å². The highest BCUT2D eigenvalue weighted by Crippen LogP contribution is 2.16. The van der Waals surface area contributed by atoms with E-state index in [4.69, 9.17) is 11.6 Å². The number of halogens is 1. The molecular weight excluding hydrogens is 194 g/mol. The van der Waals surface area contributed by atoms with Gasteiger partial charge in [-0.25, -0.2) is 0 Å². The molecule has 0 saturated heterocycles. The number of hydrogen-bond donors (Lipinski definition) is 0. The van der Waals surface area contributed by atoms with Crippen LogP contribution in [-0.4, -0.2) is 18.5 Å². The van der Waals surface area contributed by atoms with Crippen molar-refractivity contribution in [3.63, 3.8) is 0 Å². The van der Waals surface area contributed by atoms with E-state index in [1.165, 1.54) is 5.69 Å². The molecule has 0 amide bonds. The SMILES string of the molecule is CC(C)N(CCCCl)c1ccccc1. The molecule has 0 atom stereocenters. The maximum Gasteiger partial charge on any atom is 0.0368 e. The number of alkyl halides is 1. The topological polar surface area (TPSA) is 3.24 Å². The summed E-state index contributed by atoms with van der Waals surface area (Å²) >= 11 is 5.71. The Labute approximate surface area is 91.7 Å². The Balaban J connectivity index is 2.68. The normalized spacial score (nSPS) is 10.6. The van der Waals surface area contributed by atoms with Crippen molar-refractivity contribution in [2.75, 3.05) is 17.3 Å². The molecule has 0 heterocycles. The van der Waals surface area contributed by atoms with Crippen molar-refractivity contribution in [1.29, 1.82) is 0 Å². The van der Waals surface area contributed by atoms with Crippen molar-refractivity contribution >= 4 is 17.3 Å². The third kappa shape index (κ3) is 3.22. The number of para-hydroxylation sites is 1. The van der Waals surface area contributed by atoms with E-state index in [9.17, 15) is 0 Å². The molecule has 0 aromatic heterocycles. The minimum Gasteiger partial charge on any atom is -0.369 e. The van der Waals surface area contributed by atoms with E-state index >= 15 is 0 Å². The quantitative estimate of drug-likeness (QED) is 0.674. The molecule has 0 N–H and O–H groups in total. The average Bonchev–Trinajstić information content (AvgIpc) is 2.19. The van der Waals surface area contributed by atoms with E-state index in [0.717, 1.165) is 18.8 Å². The molecule has 1 aromatic rings. The second-order valence-electron chi connectivity index (χ2n) is 3.67. The summed E-state index contributed by atoms with van der Waals surface area (Å²) < 4.78 is 0. The molecule has 0 radical (unpaired) electrons. The lowest BCUT2D eigenvalue weighted by atomic mass is 10.2.